The lowest BCUT2D eigenvalue weighted by molar-refractivity contribution is -0.115. The number of benzene rings is 1. The van der Waals surface area contributed by atoms with Crippen molar-refractivity contribution in [2.45, 2.75) is 19.5 Å². The highest BCUT2D eigenvalue weighted by Crippen LogP contribution is 2.25. The number of hydrogen-bond acceptors (Lipinski definition) is 5. The third kappa shape index (κ3) is 5.12. The van der Waals surface area contributed by atoms with E-state index in [1.54, 1.807) is 6.07 Å². The van der Waals surface area contributed by atoms with E-state index in [2.05, 4.69) is 30.9 Å². The van der Waals surface area contributed by atoms with Gasteiger partial charge < -0.3 is 20.9 Å². The van der Waals surface area contributed by atoms with Gasteiger partial charge in [-0.25, -0.2) is 4.39 Å². The minimum absolute atomic E-state index is 0.0212. The lowest BCUT2D eigenvalue weighted by atomic mass is 10.1. The van der Waals surface area contributed by atoms with E-state index in [9.17, 15) is 22.4 Å². The molecule has 11 heteroatoms. The average molecular weight is 410 g/mol. The second kappa shape index (κ2) is 8.33. The molecular formula is C18H18F4N6O. The molecule has 1 amide bonds. The van der Waals surface area contributed by atoms with Crippen LogP contribution in [-0.4, -0.2) is 40.1 Å². The number of nitrogens with one attached hydrogen (secondary N) is 4. The minimum atomic E-state index is -4.42. The van der Waals surface area contributed by atoms with Crippen molar-refractivity contribution in [2.24, 2.45) is 0 Å². The summed E-state index contributed by atoms with van der Waals surface area (Å²) >= 11 is 0. The van der Waals surface area contributed by atoms with Crippen LogP contribution >= 0.6 is 0 Å². The van der Waals surface area contributed by atoms with Crippen molar-refractivity contribution in [2.75, 3.05) is 23.7 Å². The molecule has 0 spiro atoms. The minimum Gasteiger partial charge on any atom is -0.360 e. The van der Waals surface area contributed by atoms with Crippen LogP contribution in [0.25, 0.3) is 11.0 Å². The van der Waals surface area contributed by atoms with E-state index in [0.717, 1.165) is 12.5 Å². The second-order valence-electron chi connectivity index (χ2n) is 6.18. The molecule has 0 saturated carbocycles. The van der Waals surface area contributed by atoms with Crippen molar-refractivity contribution >= 4 is 34.4 Å². The first-order chi connectivity index (χ1) is 13.8. The van der Waals surface area contributed by atoms with Crippen molar-refractivity contribution in [1.82, 2.24) is 20.3 Å². The maximum absolute atomic E-state index is 14.3. The Morgan fingerprint density at radius 2 is 2.00 bits per heavy atom. The summed E-state index contributed by atoms with van der Waals surface area (Å²) in [6.45, 7) is 1.04. The Morgan fingerprint density at radius 3 is 2.69 bits per heavy atom. The quantitative estimate of drug-likeness (QED) is 0.443. The number of nitrogens with zero attached hydrogens (tertiary/aromatic N) is 2. The van der Waals surface area contributed by atoms with Crippen LogP contribution in [-0.2, 0) is 0 Å². The van der Waals surface area contributed by atoms with Crippen molar-refractivity contribution in [3.8, 4) is 0 Å². The average Bonchev–Trinajstić information content (AvgIpc) is 3.12. The van der Waals surface area contributed by atoms with Gasteiger partial charge in [-0.05, 0) is 30.7 Å². The number of amides is 1. The molecule has 4 N–H and O–H groups in total. The molecule has 29 heavy (non-hydrogen) atoms. The molecule has 0 saturated heterocycles. The van der Waals surface area contributed by atoms with E-state index in [1.165, 1.54) is 18.3 Å². The summed E-state index contributed by atoms with van der Waals surface area (Å²) in [7, 11) is 0. The molecule has 0 atom stereocenters. The van der Waals surface area contributed by atoms with Gasteiger partial charge in [0, 0.05) is 18.4 Å². The van der Waals surface area contributed by atoms with Crippen LogP contribution in [0.1, 0.15) is 23.7 Å². The van der Waals surface area contributed by atoms with Crippen LogP contribution < -0.4 is 16.0 Å². The van der Waals surface area contributed by atoms with Gasteiger partial charge in [-0.15, -0.1) is 0 Å². The van der Waals surface area contributed by atoms with Crippen LogP contribution in [0.15, 0.2) is 30.5 Å². The maximum atomic E-state index is 14.3. The molecule has 0 bridgehead atoms. The van der Waals surface area contributed by atoms with Gasteiger partial charge >= 0.3 is 6.18 Å². The van der Waals surface area contributed by atoms with E-state index in [-0.39, 0.29) is 23.0 Å². The van der Waals surface area contributed by atoms with Crippen LogP contribution in [0.3, 0.4) is 0 Å². The fraction of sp³-hybridized carbons (Fsp3) is 0.278. The number of H-pyrrole nitrogens is 1. The molecule has 2 heterocycles. The largest absolute Gasteiger partial charge is 0.405 e. The fourth-order valence-corrected chi connectivity index (χ4v) is 2.56. The highest BCUT2D eigenvalue weighted by Gasteiger charge is 2.27. The Hall–Kier alpha value is -3.37. The SMILES string of the molecule is CCCNC(=O)c1ccc(Nc2nc(NCC(F)(F)F)c3cc[nH]c3n2)cc1F. The zero-order valence-corrected chi connectivity index (χ0v) is 15.3. The number of aromatic nitrogens is 3. The first-order valence-corrected chi connectivity index (χ1v) is 8.77. The van der Waals surface area contributed by atoms with Gasteiger partial charge in [0.15, 0.2) is 0 Å². The third-order valence-electron chi connectivity index (χ3n) is 3.88. The molecule has 0 aliphatic heterocycles. The standard InChI is InChI=1S/C18H18F4N6O/c1-2-6-24-16(29)11-4-3-10(8-13(11)19)26-17-27-14-12(5-7-23-14)15(28-17)25-9-18(20,21)22/h3-5,7-8H,2,6,9H2,1H3,(H,24,29)(H3,23,25,26,27,28). The van der Waals surface area contributed by atoms with Crippen molar-refractivity contribution in [3.63, 3.8) is 0 Å². The van der Waals surface area contributed by atoms with Crippen LogP contribution in [0, 0.1) is 5.82 Å². The predicted molar refractivity (Wildman–Crippen MR) is 101 cm³/mol. The van der Waals surface area contributed by atoms with Crippen LogP contribution in [0.2, 0.25) is 0 Å². The summed E-state index contributed by atoms with van der Waals surface area (Å²) < 4.78 is 51.9. The molecule has 154 valence electrons. The monoisotopic (exact) mass is 410 g/mol. The van der Waals surface area contributed by atoms with Gasteiger partial charge in [0.25, 0.3) is 5.91 Å². The summed E-state index contributed by atoms with van der Waals surface area (Å²) in [4.78, 5) is 22.9. The molecule has 0 aliphatic carbocycles. The molecular weight excluding hydrogens is 392 g/mol. The first kappa shape index (κ1) is 20.4. The van der Waals surface area contributed by atoms with Gasteiger partial charge in [0.2, 0.25) is 5.95 Å². The summed E-state index contributed by atoms with van der Waals surface area (Å²) in [6.07, 6.45) is -2.18. The normalized spacial score (nSPS) is 11.5. The number of hydrogen-bond donors (Lipinski definition) is 4. The third-order valence-corrected chi connectivity index (χ3v) is 3.88. The number of halogens is 4. The van der Waals surface area contributed by atoms with E-state index >= 15 is 0 Å². The number of aromatic amines is 1. The molecule has 0 aliphatic rings. The zero-order valence-electron chi connectivity index (χ0n) is 15.3. The molecule has 1 aromatic carbocycles. The number of carbonyl (C=O) groups excluding carboxylic acids is 1. The van der Waals surface area contributed by atoms with Gasteiger partial charge in [-0.3, -0.25) is 4.79 Å². The number of carbonyl (C=O) groups is 1. The van der Waals surface area contributed by atoms with E-state index in [4.69, 9.17) is 0 Å². The molecule has 0 radical (unpaired) electrons. The topological polar surface area (TPSA) is 94.7 Å². The Bertz CT molecular complexity index is 1020. The lowest BCUT2D eigenvalue weighted by Crippen LogP contribution is -2.24. The highest BCUT2D eigenvalue weighted by atomic mass is 19.4. The number of rotatable bonds is 7. The Labute approximate surface area is 162 Å². The maximum Gasteiger partial charge on any atom is 0.405 e. The predicted octanol–water partition coefficient (Wildman–Crippen LogP) is 3.95. The molecule has 0 unspecified atom stereocenters. The Kier molecular flexibility index (Phi) is 5.85. The van der Waals surface area contributed by atoms with E-state index < -0.39 is 24.4 Å². The molecule has 7 nitrogen and oxygen atoms in total. The van der Waals surface area contributed by atoms with Crippen LogP contribution in [0.4, 0.5) is 35.0 Å². The first-order valence-electron chi connectivity index (χ1n) is 8.77. The summed E-state index contributed by atoms with van der Waals surface area (Å²) in [5.74, 6) is -1.34. The van der Waals surface area contributed by atoms with Gasteiger partial charge in [0.05, 0.1) is 10.9 Å². The number of anilines is 3. The number of alkyl halides is 3. The van der Waals surface area contributed by atoms with Crippen molar-refractivity contribution < 1.29 is 22.4 Å². The summed E-state index contributed by atoms with van der Waals surface area (Å²) in [6, 6.07) is 5.39. The molecule has 0 fully saturated rings. The summed E-state index contributed by atoms with van der Waals surface area (Å²) in [5.41, 5.74) is 0.433. The smallest absolute Gasteiger partial charge is 0.360 e. The van der Waals surface area contributed by atoms with Crippen LogP contribution in [0.5, 0.6) is 0 Å². The van der Waals surface area contributed by atoms with Crippen molar-refractivity contribution in [3.05, 3.63) is 41.8 Å². The van der Waals surface area contributed by atoms with Crippen molar-refractivity contribution in [1.29, 1.82) is 0 Å². The van der Waals surface area contributed by atoms with Gasteiger partial charge in [-0.2, -0.15) is 23.1 Å². The van der Waals surface area contributed by atoms with E-state index in [1.807, 2.05) is 6.92 Å². The van der Waals surface area contributed by atoms with Gasteiger partial charge in [0.1, 0.15) is 23.8 Å². The number of fused-ring (bicyclic) bond motifs is 1. The van der Waals surface area contributed by atoms with E-state index in [0.29, 0.717) is 17.6 Å². The molecule has 3 rings (SSSR count). The highest BCUT2D eigenvalue weighted by molar-refractivity contribution is 5.95. The Morgan fingerprint density at radius 1 is 1.21 bits per heavy atom. The zero-order chi connectivity index (χ0) is 21.0. The lowest BCUT2D eigenvalue weighted by Gasteiger charge is -2.12. The van der Waals surface area contributed by atoms with Gasteiger partial charge in [-0.1, -0.05) is 6.92 Å². The fourth-order valence-electron chi connectivity index (χ4n) is 2.56. The second-order valence-corrected chi connectivity index (χ2v) is 6.18. The molecule has 2 aromatic heterocycles. The Balaban J connectivity index is 1.82. The molecule has 3 aromatic rings. The summed E-state index contributed by atoms with van der Waals surface area (Å²) in [5, 5.41) is 7.93.